The molecule has 2 rings (SSSR count). The van der Waals surface area contributed by atoms with E-state index in [0.29, 0.717) is 17.1 Å². The molecule has 1 heterocycles. The quantitative estimate of drug-likeness (QED) is 0.631. The molecule has 0 bridgehead atoms. The monoisotopic (exact) mass is 393 g/mol. The number of hydrogen-bond acceptors (Lipinski definition) is 7. The average molecular weight is 394 g/mol. The molecule has 9 heteroatoms. The van der Waals surface area contributed by atoms with Gasteiger partial charge in [-0.25, -0.2) is 8.42 Å². The maximum Gasteiger partial charge on any atom is 0.263 e. The number of methoxy groups -OCH3 is 1. The SMILES string of the molecule is COc1cc(C)c(S(=O)(=O)Nc2ccc(NCCCN(C)C)nn2)cc1C. The van der Waals surface area contributed by atoms with E-state index in [4.69, 9.17) is 4.74 Å². The Hall–Kier alpha value is -2.39. The first-order chi connectivity index (χ1) is 12.7. The zero-order valence-corrected chi connectivity index (χ0v) is 17.2. The first-order valence-electron chi connectivity index (χ1n) is 8.63. The zero-order valence-electron chi connectivity index (χ0n) is 16.4. The third-order valence-electron chi connectivity index (χ3n) is 3.97. The summed E-state index contributed by atoms with van der Waals surface area (Å²) in [5.74, 6) is 1.42. The summed E-state index contributed by atoms with van der Waals surface area (Å²) in [6.45, 7) is 5.26. The molecule has 0 saturated heterocycles. The van der Waals surface area contributed by atoms with E-state index in [2.05, 4.69) is 25.1 Å². The molecule has 148 valence electrons. The van der Waals surface area contributed by atoms with E-state index in [1.165, 1.54) is 0 Å². The fourth-order valence-electron chi connectivity index (χ4n) is 2.56. The summed E-state index contributed by atoms with van der Waals surface area (Å²) < 4.78 is 33.1. The van der Waals surface area contributed by atoms with E-state index in [1.807, 2.05) is 14.1 Å². The Labute approximate surface area is 161 Å². The fourth-order valence-corrected chi connectivity index (χ4v) is 3.87. The molecule has 0 amide bonds. The molecular weight excluding hydrogens is 366 g/mol. The van der Waals surface area contributed by atoms with Crippen LogP contribution < -0.4 is 14.8 Å². The Morgan fingerprint density at radius 1 is 1.07 bits per heavy atom. The Morgan fingerprint density at radius 3 is 2.33 bits per heavy atom. The molecule has 2 aromatic rings. The van der Waals surface area contributed by atoms with Crippen molar-refractivity contribution in [3.05, 3.63) is 35.4 Å². The van der Waals surface area contributed by atoms with Gasteiger partial charge in [0.15, 0.2) is 5.82 Å². The predicted molar refractivity (Wildman–Crippen MR) is 107 cm³/mol. The normalized spacial score (nSPS) is 11.5. The number of sulfonamides is 1. The van der Waals surface area contributed by atoms with Gasteiger partial charge in [0.1, 0.15) is 11.6 Å². The summed E-state index contributed by atoms with van der Waals surface area (Å²) in [6.07, 6.45) is 0.971. The second-order valence-corrected chi connectivity index (χ2v) is 8.23. The zero-order chi connectivity index (χ0) is 20.0. The first kappa shape index (κ1) is 20.9. The summed E-state index contributed by atoms with van der Waals surface area (Å²) in [5, 5.41) is 11.1. The molecule has 0 radical (unpaired) electrons. The molecule has 0 saturated carbocycles. The van der Waals surface area contributed by atoms with E-state index in [9.17, 15) is 8.42 Å². The number of ether oxygens (including phenoxy) is 1. The lowest BCUT2D eigenvalue weighted by Crippen LogP contribution is -2.17. The largest absolute Gasteiger partial charge is 0.496 e. The fraction of sp³-hybridized carbons (Fsp3) is 0.444. The van der Waals surface area contributed by atoms with Gasteiger partial charge in [0.25, 0.3) is 10.0 Å². The molecule has 0 unspecified atom stereocenters. The molecule has 0 aliphatic heterocycles. The predicted octanol–water partition coefficient (Wildman–Crippen LogP) is 2.27. The average Bonchev–Trinajstić information content (AvgIpc) is 2.61. The number of anilines is 2. The standard InChI is InChI=1S/C18H27N5O3S/c1-13-12-16(14(2)11-15(13)26-5)27(24,25)22-18-8-7-17(20-21-18)19-9-6-10-23(3)4/h7-8,11-12H,6,9-10H2,1-5H3,(H,19,20)(H,21,22). The summed E-state index contributed by atoms with van der Waals surface area (Å²) in [4.78, 5) is 2.29. The maximum atomic E-state index is 12.7. The number of hydrogen-bond donors (Lipinski definition) is 2. The number of aryl methyl sites for hydroxylation is 2. The van der Waals surface area contributed by atoms with Gasteiger partial charge >= 0.3 is 0 Å². The van der Waals surface area contributed by atoms with Crippen molar-refractivity contribution >= 4 is 21.7 Å². The third kappa shape index (κ3) is 5.80. The Bertz CT molecular complexity index is 867. The maximum absolute atomic E-state index is 12.7. The number of nitrogens with one attached hydrogen (secondary N) is 2. The molecule has 0 spiro atoms. The Kier molecular flexibility index (Phi) is 6.98. The number of benzene rings is 1. The van der Waals surface area contributed by atoms with Crippen molar-refractivity contribution in [3.63, 3.8) is 0 Å². The summed E-state index contributed by atoms with van der Waals surface area (Å²) in [7, 11) is 1.83. The highest BCUT2D eigenvalue weighted by atomic mass is 32.2. The second kappa shape index (κ2) is 9.01. The molecule has 0 fully saturated rings. The van der Waals surface area contributed by atoms with Gasteiger partial charge in [0.05, 0.1) is 12.0 Å². The van der Waals surface area contributed by atoms with E-state index in [1.54, 1.807) is 45.2 Å². The minimum atomic E-state index is -3.77. The van der Waals surface area contributed by atoms with Crippen LogP contribution in [0.2, 0.25) is 0 Å². The topological polar surface area (TPSA) is 96.5 Å². The minimum Gasteiger partial charge on any atom is -0.496 e. The van der Waals surface area contributed by atoms with Crippen molar-refractivity contribution in [1.29, 1.82) is 0 Å². The molecule has 1 aromatic heterocycles. The number of nitrogens with zero attached hydrogens (tertiary/aromatic N) is 3. The van der Waals surface area contributed by atoms with Crippen LogP contribution in [0.25, 0.3) is 0 Å². The van der Waals surface area contributed by atoms with Crippen LogP contribution in [0.15, 0.2) is 29.2 Å². The summed E-state index contributed by atoms with van der Waals surface area (Å²) in [6, 6.07) is 6.58. The van der Waals surface area contributed by atoms with Gasteiger partial charge < -0.3 is 15.0 Å². The second-order valence-electron chi connectivity index (χ2n) is 6.58. The summed E-state index contributed by atoms with van der Waals surface area (Å²) >= 11 is 0. The van der Waals surface area contributed by atoms with Crippen molar-refractivity contribution in [2.24, 2.45) is 0 Å². The van der Waals surface area contributed by atoms with Gasteiger partial charge in [-0.1, -0.05) is 0 Å². The van der Waals surface area contributed by atoms with E-state index in [-0.39, 0.29) is 10.7 Å². The molecule has 0 atom stereocenters. The van der Waals surface area contributed by atoms with Gasteiger partial charge in [0.2, 0.25) is 0 Å². The molecule has 0 aliphatic carbocycles. The molecule has 8 nitrogen and oxygen atoms in total. The van der Waals surface area contributed by atoms with E-state index in [0.717, 1.165) is 25.1 Å². The van der Waals surface area contributed by atoms with Crippen molar-refractivity contribution < 1.29 is 13.2 Å². The third-order valence-corrected chi connectivity index (χ3v) is 5.47. The molecule has 0 aliphatic rings. The van der Waals surface area contributed by atoms with Crippen LogP contribution in [0.1, 0.15) is 17.5 Å². The van der Waals surface area contributed by atoms with E-state index >= 15 is 0 Å². The molecular formula is C18H27N5O3S. The van der Waals surface area contributed by atoms with Gasteiger partial charge in [-0.05, 0) is 76.3 Å². The molecule has 1 aromatic carbocycles. The van der Waals surface area contributed by atoms with Crippen LogP contribution in [-0.4, -0.2) is 57.8 Å². The highest BCUT2D eigenvalue weighted by Gasteiger charge is 2.19. The van der Waals surface area contributed by atoms with E-state index < -0.39 is 10.0 Å². The van der Waals surface area contributed by atoms with Crippen LogP contribution in [0.3, 0.4) is 0 Å². The Balaban J connectivity index is 2.06. The molecule has 2 N–H and O–H groups in total. The van der Waals surface area contributed by atoms with Crippen molar-refractivity contribution in [2.75, 3.05) is 44.3 Å². The highest BCUT2D eigenvalue weighted by Crippen LogP contribution is 2.26. The van der Waals surface area contributed by atoms with Crippen LogP contribution >= 0.6 is 0 Å². The first-order valence-corrected chi connectivity index (χ1v) is 10.1. The van der Waals surface area contributed by atoms with Gasteiger partial charge in [0, 0.05) is 6.54 Å². The number of aromatic nitrogens is 2. The smallest absolute Gasteiger partial charge is 0.263 e. The van der Waals surface area contributed by atoms with Crippen LogP contribution in [0.4, 0.5) is 11.6 Å². The molecule has 27 heavy (non-hydrogen) atoms. The highest BCUT2D eigenvalue weighted by molar-refractivity contribution is 7.92. The summed E-state index contributed by atoms with van der Waals surface area (Å²) in [5.41, 5.74) is 1.34. The van der Waals surface area contributed by atoms with Crippen LogP contribution in [0.5, 0.6) is 5.75 Å². The van der Waals surface area contributed by atoms with Crippen LogP contribution in [-0.2, 0) is 10.0 Å². The van der Waals surface area contributed by atoms with Crippen LogP contribution in [0, 0.1) is 13.8 Å². The van der Waals surface area contributed by atoms with Gasteiger partial charge in [-0.15, -0.1) is 10.2 Å². The minimum absolute atomic E-state index is 0.168. The van der Waals surface area contributed by atoms with Gasteiger partial charge in [-0.3, -0.25) is 4.72 Å². The lowest BCUT2D eigenvalue weighted by atomic mass is 10.1. The lowest BCUT2D eigenvalue weighted by Gasteiger charge is -2.13. The Morgan fingerprint density at radius 2 is 1.74 bits per heavy atom. The van der Waals surface area contributed by atoms with Crippen molar-refractivity contribution in [2.45, 2.75) is 25.2 Å². The lowest BCUT2D eigenvalue weighted by molar-refractivity contribution is 0.405. The van der Waals surface area contributed by atoms with Crippen molar-refractivity contribution in [3.8, 4) is 5.75 Å². The van der Waals surface area contributed by atoms with Gasteiger partial charge in [-0.2, -0.15) is 0 Å². The van der Waals surface area contributed by atoms with Crippen molar-refractivity contribution in [1.82, 2.24) is 15.1 Å². The number of rotatable bonds is 9.